The van der Waals surface area contributed by atoms with Crippen LogP contribution in [-0.2, 0) is 18.9 Å². The van der Waals surface area contributed by atoms with Gasteiger partial charge in [0.05, 0.1) is 12.7 Å². The summed E-state index contributed by atoms with van der Waals surface area (Å²) in [6.07, 6.45) is 5.95. The summed E-state index contributed by atoms with van der Waals surface area (Å²) in [6.45, 7) is 6.59. The zero-order chi connectivity index (χ0) is 12.8. The van der Waals surface area contributed by atoms with E-state index >= 15 is 0 Å². The van der Waals surface area contributed by atoms with E-state index in [4.69, 9.17) is 18.9 Å². The number of epoxide rings is 1. The monoisotopic (exact) mass is 258 g/mol. The molecule has 2 aliphatic heterocycles. The molecule has 0 unspecified atom stereocenters. The molecule has 0 aromatic rings. The van der Waals surface area contributed by atoms with Crippen molar-refractivity contribution in [2.45, 2.75) is 70.6 Å². The van der Waals surface area contributed by atoms with Crippen LogP contribution in [0.2, 0.25) is 0 Å². The molecule has 2 fully saturated rings. The highest BCUT2D eigenvalue weighted by molar-refractivity contribution is 4.90. The minimum absolute atomic E-state index is 0.0100. The van der Waals surface area contributed by atoms with Crippen molar-refractivity contribution in [3.8, 4) is 0 Å². The van der Waals surface area contributed by atoms with E-state index < -0.39 is 0 Å². The zero-order valence-electron chi connectivity index (χ0n) is 11.6. The van der Waals surface area contributed by atoms with E-state index in [0.29, 0.717) is 6.61 Å². The molecule has 2 rings (SSSR count). The molecule has 0 aliphatic carbocycles. The Bertz CT molecular complexity index is 234. The summed E-state index contributed by atoms with van der Waals surface area (Å²) in [5, 5.41) is 0. The van der Waals surface area contributed by atoms with Crippen LogP contribution < -0.4 is 0 Å². The Morgan fingerprint density at radius 2 is 1.83 bits per heavy atom. The van der Waals surface area contributed by atoms with Gasteiger partial charge in [0.15, 0.2) is 6.29 Å². The first-order chi connectivity index (χ1) is 8.85. The van der Waals surface area contributed by atoms with Gasteiger partial charge in [0.25, 0.3) is 0 Å². The van der Waals surface area contributed by atoms with Gasteiger partial charge in [-0.05, 0) is 12.8 Å². The second-order valence-electron chi connectivity index (χ2n) is 5.14. The topological polar surface area (TPSA) is 40.2 Å². The SMILES string of the molecule is CCCCOC[C@H]1O[C@@H]2O[C@@H]2C[C@@H]1OCCCC. The third kappa shape index (κ3) is 4.19. The summed E-state index contributed by atoms with van der Waals surface area (Å²) in [5.41, 5.74) is 0. The molecule has 0 bridgehead atoms. The van der Waals surface area contributed by atoms with E-state index in [1.807, 2.05) is 0 Å². The lowest BCUT2D eigenvalue weighted by Gasteiger charge is -2.29. The summed E-state index contributed by atoms with van der Waals surface area (Å²) in [4.78, 5) is 0. The third-order valence-corrected chi connectivity index (χ3v) is 3.48. The van der Waals surface area contributed by atoms with Crippen molar-refractivity contribution in [3.63, 3.8) is 0 Å². The van der Waals surface area contributed by atoms with Crippen LogP contribution in [0.3, 0.4) is 0 Å². The van der Waals surface area contributed by atoms with Gasteiger partial charge in [-0.3, -0.25) is 0 Å². The van der Waals surface area contributed by atoms with E-state index in [-0.39, 0.29) is 24.6 Å². The van der Waals surface area contributed by atoms with Crippen molar-refractivity contribution >= 4 is 0 Å². The second-order valence-corrected chi connectivity index (χ2v) is 5.14. The smallest absolute Gasteiger partial charge is 0.185 e. The lowest BCUT2D eigenvalue weighted by Crippen LogP contribution is -2.41. The molecule has 106 valence electrons. The Morgan fingerprint density at radius 3 is 2.61 bits per heavy atom. The highest BCUT2D eigenvalue weighted by atomic mass is 16.8. The maximum Gasteiger partial charge on any atom is 0.185 e. The van der Waals surface area contributed by atoms with Crippen LogP contribution in [0.1, 0.15) is 46.0 Å². The maximum absolute atomic E-state index is 5.91. The van der Waals surface area contributed by atoms with Gasteiger partial charge >= 0.3 is 0 Å². The molecule has 4 nitrogen and oxygen atoms in total. The Morgan fingerprint density at radius 1 is 1.06 bits per heavy atom. The molecule has 0 aromatic carbocycles. The predicted octanol–water partition coefficient (Wildman–Crippen LogP) is 2.50. The van der Waals surface area contributed by atoms with E-state index in [9.17, 15) is 0 Å². The van der Waals surface area contributed by atoms with Gasteiger partial charge in [0.1, 0.15) is 12.2 Å². The molecular weight excluding hydrogens is 232 g/mol. The van der Waals surface area contributed by atoms with Crippen molar-refractivity contribution in [2.75, 3.05) is 19.8 Å². The molecule has 0 N–H and O–H groups in total. The quantitative estimate of drug-likeness (QED) is 0.470. The number of rotatable bonds is 9. The fraction of sp³-hybridized carbons (Fsp3) is 1.00. The first-order valence-corrected chi connectivity index (χ1v) is 7.35. The van der Waals surface area contributed by atoms with Crippen LogP contribution in [0.4, 0.5) is 0 Å². The van der Waals surface area contributed by atoms with Gasteiger partial charge < -0.3 is 18.9 Å². The number of hydrogen-bond acceptors (Lipinski definition) is 4. The van der Waals surface area contributed by atoms with Crippen molar-refractivity contribution < 1.29 is 18.9 Å². The van der Waals surface area contributed by atoms with Gasteiger partial charge in [-0.15, -0.1) is 0 Å². The summed E-state index contributed by atoms with van der Waals surface area (Å²) < 4.78 is 22.8. The average molecular weight is 258 g/mol. The Kier molecular flexibility index (Phi) is 5.89. The first kappa shape index (κ1) is 14.3. The lowest BCUT2D eigenvalue weighted by molar-refractivity contribution is -0.137. The lowest BCUT2D eigenvalue weighted by atomic mass is 10.1. The third-order valence-electron chi connectivity index (χ3n) is 3.48. The summed E-state index contributed by atoms with van der Waals surface area (Å²) in [6, 6.07) is 0. The molecular formula is C14H26O4. The van der Waals surface area contributed by atoms with Crippen LogP contribution in [0.15, 0.2) is 0 Å². The Hall–Kier alpha value is -0.160. The molecule has 4 atom stereocenters. The fourth-order valence-electron chi connectivity index (χ4n) is 2.20. The molecule has 0 radical (unpaired) electrons. The van der Waals surface area contributed by atoms with Crippen LogP contribution in [0.5, 0.6) is 0 Å². The van der Waals surface area contributed by atoms with E-state index in [1.54, 1.807) is 0 Å². The molecule has 0 aromatic heterocycles. The average Bonchev–Trinajstić information content (AvgIpc) is 3.13. The summed E-state index contributed by atoms with van der Waals surface area (Å²) >= 11 is 0. The van der Waals surface area contributed by atoms with Gasteiger partial charge in [0, 0.05) is 19.6 Å². The molecule has 0 saturated carbocycles. The van der Waals surface area contributed by atoms with Crippen molar-refractivity contribution in [2.24, 2.45) is 0 Å². The van der Waals surface area contributed by atoms with Crippen molar-refractivity contribution in [3.05, 3.63) is 0 Å². The van der Waals surface area contributed by atoms with Crippen molar-refractivity contribution in [1.29, 1.82) is 0 Å². The van der Waals surface area contributed by atoms with Crippen molar-refractivity contribution in [1.82, 2.24) is 0 Å². The maximum atomic E-state index is 5.91. The van der Waals surface area contributed by atoms with E-state index in [1.165, 1.54) is 0 Å². The largest absolute Gasteiger partial charge is 0.379 e. The number of unbranched alkanes of at least 4 members (excludes halogenated alkanes) is 2. The summed E-state index contributed by atoms with van der Waals surface area (Å²) in [7, 11) is 0. The van der Waals surface area contributed by atoms with Gasteiger partial charge in [0.2, 0.25) is 0 Å². The Labute approximate surface area is 110 Å². The molecule has 2 aliphatic rings. The summed E-state index contributed by atoms with van der Waals surface area (Å²) in [5.74, 6) is 0. The zero-order valence-corrected chi connectivity index (χ0v) is 11.6. The van der Waals surface area contributed by atoms with Gasteiger partial charge in [-0.1, -0.05) is 26.7 Å². The van der Waals surface area contributed by atoms with Crippen LogP contribution >= 0.6 is 0 Å². The minimum Gasteiger partial charge on any atom is -0.379 e. The van der Waals surface area contributed by atoms with Crippen LogP contribution in [0.25, 0.3) is 0 Å². The Balaban J connectivity index is 1.69. The number of ether oxygens (including phenoxy) is 4. The predicted molar refractivity (Wildman–Crippen MR) is 68.5 cm³/mol. The minimum atomic E-state index is 0.0100. The van der Waals surface area contributed by atoms with E-state index in [0.717, 1.165) is 45.3 Å². The van der Waals surface area contributed by atoms with E-state index in [2.05, 4.69) is 13.8 Å². The molecule has 0 amide bonds. The first-order valence-electron chi connectivity index (χ1n) is 7.35. The number of fused-ring (bicyclic) bond motifs is 1. The second kappa shape index (κ2) is 7.43. The standard InChI is InChI=1S/C14H26O4/c1-3-5-7-15-10-13-11(16-8-6-4-2)9-12-14(17-12)18-13/h11-14H,3-10H2,1-2H3/t11-,12+,13+,14-/m0/s1. The van der Waals surface area contributed by atoms with Crippen LogP contribution in [0, 0.1) is 0 Å². The van der Waals surface area contributed by atoms with Crippen LogP contribution in [-0.4, -0.2) is 44.4 Å². The van der Waals surface area contributed by atoms with Gasteiger partial charge in [-0.25, -0.2) is 0 Å². The molecule has 18 heavy (non-hydrogen) atoms. The van der Waals surface area contributed by atoms with Gasteiger partial charge in [-0.2, -0.15) is 0 Å². The molecule has 2 heterocycles. The fourth-order valence-corrected chi connectivity index (χ4v) is 2.20. The molecule has 2 saturated heterocycles. The molecule has 4 heteroatoms. The highest BCUT2D eigenvalue weighted by Crippen LogP contribution is 2.36. The molecule has 0 spiro atoms. The highest BCUT2D eigenvalue weighted by Gasteiger charge is 2.50. The normalized spacial score (nSPS) is 34.3. The number of hydrogen-bond donors (Lipinski definition) is 0.